The molecule has 2 rings (SSSR count). The van der Waals surface area contributed by atoms with Crippen LogP contribution in [-0.2, 0) is 4.79 Å². The Balaban J connectivity index is 2.12. The first-order valence-electron chi connectivity index (χ1n) is 6.70. The van der Waals surface area contributed by atoms with E-state index in [1.807, 2.05) is 18.2 Å². The summed E-state index contributed by atoms with van der Waals surface area (Å²) in [5.74, 6) is -0.650. The Morgan fingerprint density at radius 2 is 1.72 bits per heavy atom. The lowest BCUT2D eigenvalue weighted by Gasteiger charge is -2.20. The molecule has 98 valence electrons. The zero-order chi connectivity index (χ0) is 12.8. The first-order chi connectivity index (χ1) is 8.77. The Kier molecular flexibility index (Phi) is 5.12. The summed E-state index contributed by atoms with van der Waals surface area (Å²) in [7, 11) is 0. The molecule has 1 aliphatic heterocycles. The molecule has 1 N–H and O–H groups in total. The maximum absolute atomic E-state index is 11.3. The highest BCUT2D eigenvalue weighted by Crippen LogP contribution is 2.39. The molecule has 1 aliphatic rings. The van der Waals surface area contributed by atoms with Crippen LogP contribution in [0, 0.1) is 0 Å². The summed E-state index contributed by atoms with van der Waals surface area (Å²) >= 11 is 1.64. The SMILES string of the molecule is O=C(O)C1CCCCCCC(c2ccccc2)S1. The number of carboxylic acids is 1. The second kappa shape index (κ2) is 6.83. The number of rotatable bonds is 2. The number of hydrogen-bond donors (Lipinski definition) is 1. The molecule has 0 radical (unpaired) electrons. The highest BCUT2D eigenvalue weighted by atomic mass is 32.2. The van der Waals surface area contributed by atoms with Crippen LogP contribution >= 0.6 is 11.8 Å². The lowest BCUT2D eigenvalue weighted by molar-refractivity contribution is -0.136. The Bertz CT molecular complexity index is 377. The number of thioether (sulfide) groups is 1. The molecule has 0 aromatic heterocycles. The van der Waals surface area contributed by atoms with E-state index < -0.39 is 5.97 Å². The van der Waals surface area contributed by atoms with Crippen LogP contribution in [0.1, 0.15) is 49.3 Å². The molecule has 1 saturated heterocycles. The van der Waals surface area contributed by atoms with Gasteiger partial charge in [-0.3, -0.25) is 4.79 Å². The predicted octanol–water partition coefficient (Wildman–Crippen LogP) is 4.27. The van der Waals surface area contributed by atoms with Gasteiger partial charge in [-0.25, -0.2) is 0 Å². The quantitative estimate of drug-likeness (QED) is 0.866. The average molecular weight is 264 g/mol. The van der Waals surface area contributed by atoms with Crippen molar-refractivity contribution < 1.29 is 9.90 Å². The minimum Gasteiger partial charge on any atom is -0.480 e. The van der Waals surface area contributed by atoms with E-state index in [9.17, 15) is 9.90 Å². The van der Waals surface area contributed by atoms with E-state index in [4.69, 9.17) is 0 Å². The molecule has 0 spiro atoms. The minimum atomic E-state index is -0.650. The molecule has 1 fully saturated rings. The number of carbonyl (C=O) groups is 1. The molecule has 1 aromatic carbocycles. The lowest BCUT2D eigenvalue weighted by Crippen LogP contribution is -2.17. The van der Waals surface area contributed by atoms with E-state index in [1.165, 1.54) is 24.8 Å². The number of hydrogen-bond acceptors (Lipinski definition) is 2. The van der Waals surface area contributed by atoms with Gasteiger partial charge < -0.3 is 5.11 Å². The zero-order valence-corrected chi connectivity index (χ0v) is 11.4. The molecule has 0 aliphatic carbocycles. The van der Waals surface area contributed by atoms with Gasteiger partial charge in [0.15, 0.2) is 0 Å². The molecule has 0 amide bonds. The van der Waals surface area contributed by atoms with Crippen LogP contribution in [0.15, 0.2) is 30.3 Å². The second-order valence-corrected chi connectivity index (χ2v) is 6.26. The Morgan fingerprint density at radius 3 is 2.39 bits per heavy atom. The lowest BCUT2D eigenvalue weighted by atomic mass is 10.0. The second-order valence-electron chi connectivity index (χ2n) is 4.85. The first kappa shape index (κ1) is 13.5. The van der Waals surface area contributed by atoms with Crippen LogP contribution in [0.25, 0.3) is 0 Å². The number of carboxylic acid groups (broad SMARTS) is 1. The zero-order valence-electron chi connectivity index (χ0n) is 10.5. The van der Waals surface area contributed by atoms with Gasteiger partial charge in [0, 0.05) is 5.25 Å². The number of aliphatic carboxylic acids is 1. The van der Waals surface area contributed by atoms with Gasteiger partial charge in [0.05, 0.1) is 0 Å². The van der Waals surface area contributed by atoms with Gasteiger partial charge in [0.25, 0.3) is 0 Å². The largest absolute Gasteiger partial charge is 0.480 e. The normalized spacial score (nSPS) is 25.8. The summed E-state index contributed by atoms with van der Waals surface area (Å²) in [6.07, 6.45) is 6.56. The highest BCUT2D eigenvalue weighted by Gasteiger charge is 2.24. The molecule has 1 aromatic rings. The van der Waals surface area contributed by atoms with Crippen molar-refractivity contribution in [2.24, 2.45) is 0 Å². The van der Waals surface area contributed by atoms with Gasteiger partial charge in [0.1, 0.15) is 5.25 Å². The van der Waals surface area contributed by atoms with Gasteiger partial charge in [-0.2, -0.15) is 0 Å². The molecule has 1 heterocycles. The molecule has 18 heavy (non-hydrogen) atoms. The third-order valence-electron chi connectivity index (χ3n) is 3.46. The van der Waals surface area contributed by atoms with E-state index >= 15 is 0 Å². The Labute approximate surface area is 113 Å². The average Bonchev–Trinajstić information content (AvgIpc) is 2.51. The molecule has 2 atom stereocenters. The third kappa shape index (κ3) is 3.77. The van der Waals surface area contributed by atoms with Gasteiger partial charge in [-0.15, -0.1) is 11.8 Å². The van der Waals surface area contributed by atoms with Crippen LogP contribution in [0.4, 0.5) is 0 Å². The van der Waals surface area contributed by atoms with Crippen molar-refractivity contribution in [1.29, 1.82) is 0 Å². The van der Waals surface area contributed by atoms with E-state index in [0.29, 0.717) is 5.25 Å². The summed E-state index contributed by atoms with van der Waals surface area (Å²) in [4.78, 5) is 11.3. The van der Waals surface area contributed by atoms with E-state index in [-0.39, 0.29) is 5.25 Å². The van der Waals surface area contributed by atoms with Crippen LogP contribution in [0.2, 0.25) is 0 Å². The molecule has 2 nitrogen and oxygen atoms in total. The molecular weight excluding hydrogens is 244 g/mol. The first-order valence-corrected chi connectivity index (χ1v) is 7.65. The van der Waals surface area contributed by atoms with E-state index in [2.05, 4.69) is 12.1 Å². The van der Waals surface area contributed by atoms with E-state index in [0.717, 1.165) is 19.3 Å². The third-order valence-corrected chi connectivity index (χ3v) is 5.06. The van der Waals surface area contributed by atoms with Gasteiger partial charge in [-0.05, 0) is 18.4 Å². The van der Waals surface area contributed by atoms with Crippen LogP contribution < -0.4 is 0 Å². The Morgan fingerprint density at radius 1 is 1.06 bits per heavy atom. The van der Waals surface area contributed by atoms with Crippen LogP contribution in [-0.4, -0.2) is 16.3 Å². The highest BCUT2D eigenvalue weighted by molar-refractivity contribution is 8.00. The fourth-order valence-electron chi connectivity index (χ4n) is 2.44. The summed E-state index contributed by atoms with van der Waals surface area (Å²) in [5.41, 5.74) is 1.27. The summed E-state index contributed by atoms with van der Waals surface area (Å²) < 4.78 is 0. The maximum atomic E-state index is 11.3. The van der Waals surface area contributed by atoms with E-state index in [1.54, 1.807) is 11.8 Å². The Hall–Kier alpha value is -0.960. The molecule has 2 unspecified atom stereocenters. The molecule has 0 saturated carbocycles. The fourth-order valence-corrected chi connectivity index (χ4v) is 3.87. The van der Waals surface area contributed by atoms with Crippen LogP contribution in [0.5, 0.6) is 0 Å². The van der Waals surface area contributed by atoms with Crippen molar-refractivity contribution in [2.75, 3.05) is 0 Å². The number of benzene rings is 1. The molecule has 0 bridgehead atoms. The van der Waals surface area contributed by atoms with Crippen molar-refractivity contribution in [2.45, 2.75) is 49.0 Å². The van der Waals surface area contributed by atoms with Crippen LogP contribution in [0.3, 0.4) is 0 Å². The van der Waals surface area contributed by atoms with Gasteiger partial charge in [-0.1, -0.05) is 56.0 Å². The molecule has 3 heteroatoms. The molecular formula is C15H20O2S. The van der Waals surface area contributed by atoms with Crippen molar-refractivity contribution in [3.8, 4) is 0 Å². The van der Waals surface area contributed by atoms with Gasteiger partial charge >= 0.3 is 5.97 Å². The van der Waals surface area contributed by atoms with Gasteiger partial charge in [0.2, 0.25) is 0 Å². The summed E-state index contributed by atoms with van der Waals surface area (Å²) in [5, 5.41) is 9.39. The van der Waals surface area contributed by atoms with Crippen molar-refractivity contribution >= 4 is 17.7 Å². The fraction of sp³-hybridized carbons (Fsp3) is 0.533. The van der Waals surface area contributed by atoms with Crippen molar-refractivity contribution in [1.82, 2.24) is 0 Å². The van der Waals surface area contributed by atoms with Crippen molar-refractivity contribution in [3.05, 3.63) is 35.9 Å². The summed E-state index contributed by atoms with van der Waals surface area (Å²) in [6, 6.07) is 10.3. The monoisotopic (exact) mass is 264 g/mol. The topological polar surface area (TPSA) is 37.3 Å². The minimum absolute atomic E-state index is 0.242. The standard InChI is InChI=1S/C15H20O2S/c16-15(17)14-11-7-2-1-6-10-13(18-14)12-8-4-3-5-9-12/h3-5,8-9,13-14H,1-2,6-7,10-11H2,(H,16,17). The maximum Gasteiger partial charge on any atom is 0.316 e. The predicted molar refractivity (Wildman–Crippen MR) is 75.9 cm³/mol. The van der Waals surface area contributed by atoms with Crippen molar-refractivity contribution in [3.63, 3.8) is 0 Å². The smallest absolute Gasteiger partial charge is 0.316 e. The summed E-state index contributed by atoms with van der Waals surface area (Å²) in [6.45, 7) is 0.